The molecule has 1 amide bonds. The van der Waals surface area contributed by atoms with Crippen molar-refractivity contribution in [3.63, 3.8) is 0 Å². The van der Waals surface area contributed by atoms with Gasteiger partial charge in [0, 0.05) is 12.0 Å². The maximum absolute atomic E-state index is 12.4. The summed E-state index contributed by atoms with van der Waals surface area (Å²) in [6.07, 6.45) is 0.686. The van der Waals surface area contributed by atoms with Crippen molar-refractivity contribution in [2.45, 2.75) is 13.3 Å². The summed E-state index contributed by atoms with van der Waals surface area (Å²) in [6.45, 7) is 2.49. The average molecular weight is 354 g/mol. The van der Waals surface area contributed by atoms with Crippen LogP contribution >= 0.6 is 0 Å². The van der Waals surface area contributed by atoms with Gasteiger partial charge < -0.3 is 14.2 Å². The van der Waals surface area contributed by atoms with Gasteiger partial charge in [-0.15, -0.1) is 0 Å². The standard InChI is InChI=1S/C20H22N2O4/c1-14-5-4-6-16(11-14)26-13-20(23)22-10-9-17(21-22)15-7-8-18(24-2)19(12-15)25-3/h4-8,11-12H,9-10,13H2,1-3H3. The second kappa shape index (κ2) is 7.91. The van der Waals surface area contributed by atoms with Crippen molar-refractivity contribution >= 4 is 11.6 Å². The second-order valence-corrected chi connectivity index (χ2v) is 5.99. The van der Waals surface area contributed by atoms with E-state index in [1.807, 2.05) is 49.4 Å². The Morgan fingerprint density at radius 2 is 1.92 bits per heavy atom. The van der Waals surface area contributed by atoms with Crippen molar-refractivity contribution in [2.75, 3.05) is 27.4 Å². The number of ether oxygens (including phenoxy) is 3. The number of rotatable bonds is 6. The molecule has 3 rings (SSSR count). The van der Waals surface area contributed by atoms with E-state index in [9.17, 15) is 4.79 Å². The zero-order chi connectivity index (χ0) is 18.5. The number of hydrogen-bond acceptors (Lipinski definition) is 5. The molecule has 0 saturated carbocycles. The number of amides is 1. The highest BCUT2D eigenvalue weighted by molar-refractivity contribution is 6.03. The fourth-order valence-electron chi connectivity index (χ4n) is 2.78. The van der Waals surface area contributed by atoms with Crippen LogP contribution in [0.15, 0.2) is 47.6 Å². The van der Waals surface area contributed by atoms with Crippen LogP contribution in [0.4, 0.5) is 0 Å². The summed E-state index contributed by atoms with van der Waals surface area (Å²) in [7, 11) is 3.19. The van der Waals surface area contributed by atoms with Crippen molar-refractivity contribution in [3.05, 3.63) is 53.6 Å². The van der Waals surface area contributed by atoms with E-state index in [4.69, 9.17) is 14.2 Å². The molecule has 0 atom stereocenters. The van der Waals surface area contributed by atoms with E-state index in [0.717, 1.165) is 16.8 Å². The number of nitrogens with zero attached hydrogens (tertiary/aromatic N) is 2. The van der Waals surface area contributed by atoms with Crippen LogP contribution < -0.4 is 14.2 Å². The van der Waals surface area contributed by atoms with E-state index < -0.39 is 0 Å². The predicted octanol–water partition coefficient (Wildman–Crippen LogP) is 3.03. The van der Waals surface area contributed by atoms with E-state index in [0.29, 0.717) is 30.2 Å². The minimum absolute atomic E-state index is 0.0355. The molecule has 0 aromatic heterocycles. The third kappa shape index (κ3) is 3.96. The zero-order valence-corrected chi connectivity index (χ0v) is 15.2. The molecule has 136 valence electrons. The van der Waals surface area contributed by atoms with Gasteiger partial charge in [-0.25, -0.2) is 5.01 Å². The predicted molar refractivity (Wildman–Crippen MR) is 99.1 cm³/mol. The second-order valence-electron chi connectivity index (χ2n) is 5.99. The first-order chi connectivity index (χ1) is 12.6. The molecule has 2 aromatic rings. The van der Waals surface area contributed by atoms with Gasteiger partial charge in [0.25, 0.3) is 5.91 Å². The van der Waals surface area contributed by atoms with Crippen LogP contribution in [0.1, 0.15) is 17.5 Å². The number of methoxy groups -OCH3 is 2. The van der Waals surface area contributed by atoms with E-state index >= 15 is 0 Å². The summed E-state index contributed by atoms with van der Waals surface area (Å²) in [4.78, 5) is 12.4. The zero-order valence-electron chi connectivity index (χ0n) is 15.2. The monoisotopic (exact) mass is 354 g/mol. The maximum Gasteiger partial charge on any atom is 0.280 e. The molecule has 0 spiro atoms. The van der Waals surface area contributed by atoms with Crippen LogP contribution in [0, 0.1) is 6.92 Å². The molecule has 0 fully saturated rings. The smallest absolute Gasteiger partial charge is 0.280 e. The highest BCUT2D eigenvalue weighted by atomic mass is 16.5. The van der Waals surface area contributed by atoms with Crippen molar-refractivity contribution < 1.29 is 19.0 Å². The minimum atomic E-state index is -0.165. The Bertz CT molecular complexity index is 832. The molecule has 0 N–H and O–H groups in total. The van der Waals surface area contributed by atoms with Gasteiger partial charge in [-0.1, -0.05) is 12.1 Å². The van der Waals surface area contributed by atoms with Crippen LogP contribution in [0.25, 0.3) is 0 Å². The third-order valence-electron chi connectivity index (χ3n) is 4.16. The Morgan fingerprint density at radius 3 is 2.65 bits per heavy atom. The molecule has 0 bridgehead atoms. The first-order valence-corrected chi connectivity index (χ1v) is 8.40. The lowest BCUT2D eigenvalue weighted by molar-refractivity contribution is -0.132. The van der Waals surface area contributed by atoms with Crippen molar-refractivity contribution in [1.82, 2.24) is 5.01 Å². The van der Waals surface area contributed by atoms with Crippen LogP contribution in [-0.2, 0) is 4.79 Å². The number of carbonyl (C=O) groups is 1. The van der Waals surface area contributed by atoms with Crippen LogP contribution in [0.5, 0.6) is 17.2 Å². The largest absolute Gasteiger partial charge is 0.493 e. The topological polar surface area (TPSA) is 60.4 Å². The summed E-state index contributed by atoms with van der Waals surface area (Å²) in [6, 6.07) is 13.2. The lowest BCUT2D eigenvalue weighted by Crippen LogP contribution is -2.28. The van der Waals surface area contributed by atoms with Gasteiger partial charge >= 0.3 is 0 Å². The molecule has 6 nitrogen and oxygen atoms in total. The van der Waals surface area contributed by atoms with E-state index in [-0.39, 0.29) is 12.5 Å². The Morgan fingerprint density at radius 1 is 1.12 bits per heavy atom. The quantitative estimate of drug-likeness (QED) is 0.800. The summed E-state index contributed by atoms with van der Waals surface area (Å²) in [5.74, 6) is 1.82. The summed E-state index contributed by atoms with van der Waals surface area (Å²) < 4.78 is 16.1. The highest BCUT2D eigenvalue weighted by Crippen LogP contribution is 2.29. The molecule has 26 heavy (non-hydrogen) atoms. The fraction of sp³-hybridized carbons (Fsp3) is 0.300. The molecule has 0 aliphatic carbocycles. The summed E-state index contributed by atoms with van der Waals surface area (Å²) in [5.41, 5.74) is 2.84. The minimum Gasteiger partial charge on any atom is -0.493 e. The van der Waals surface area contributed by atoms with Crippen molar-refractivity contribution in [1.29, 1.82) is 0 Å². The number of carbonyl (C=O) groups excluding carboxylic acids is 1. The van der Waals surface area contributed by atoms with Gasteiger partial charge in [-0.2, -0.15) is 5.10 Å². The maximum atomic E-state index is 12.4. The van der Waals surface area contributed by atoms with Crippen LogP contribution in [-0.4, -0.2) is 44.0 Å². The molecule has 0 unspecified atom stereocenters. The van der Waals surface area contributed by atoms with Gasteiger partial charge in [0.2, 0.25) is 0 Å². The van der Waals surface area contributed by atoms with E-state index in [1.165, 1.54) is 5.01 Å². The molecule has 6 heteroatoms. The molecule has 1 aliphatic rings. The van der Waals surface area contributed by atoms with E-state index in [2.05, 4.69) is 5.10 Å². The number of aryl methyl sites for hydroxylation is 1. The number of benzene rings is 2. The molecular formula is C20H22N2O4. The van der Waals surface area contributed by atoms with Gasteiger partial charge in [-0.05, 0) is 42.8 Å². The Labute approximate surface area is 153 Å². The van der Waals surface area contributed by atoms with E-state index in [1.54, 1.807) is 14.2 Å². The molecule has 0 radical (unpaired) electrons. The summed E-state index contributed by atoms with van der Waals surface area (Å²) >= 11 is 0. The average Bonchev–Trinajstić information content (AvgIpc) is 3.16. The number of hydrazone groups is 1. The first-order valence-electron chi connectivity index (χ1n) is 8.40. The lowest BCUT2D eigenvalue weighted by Gasteiger charge is -2.12. The highest BCUT2D eigenvalue weighted by Gasteiger charge is 2.22. The lowest BCUT2D eigenvalue weighted by atomic mass is 10.1. The molecule has 1 heterocycles. The Balaban J connectivity index is 1.66. The molecular weight excluding hydrogens is 332 g/mol. The Kier molecular flexibility index (Phi) is 5.41. The van der Waals surface area contributed by atoms with Gasteiger partial charge in [0.1, 0.15) is 5.75 Å². The van der Waals surface area contributed by atoms with Crippen LogP contribution in [0.2, 0.25) is 0 Å². The Hall–Kier alpha value is -3.02. The normalized spacial score (nSPS) is 13.3. The molecule has 1 aliphatic heterocycles. The fourth-order valence-corrected chi connectivity index (χ4v) is 2.78. The van der Waals surface area contributed by atoms with Gasteiger partial charge in [0.15, 0.2) is 18.1 Å². The van der Waals surface area contributed by atoms with Crippen LogP contribution in [0.3, 0.4) is 0 Å². The van der Waals surface area contributed by atoms with Crippen molar-refractivity contribution in [3.8, 4) is 17.2 Å². The number of hydrogen-bond donors (Lipinski definition) is 0. The molecule has 0 saturated heterocycles. The first kappa shape index (κ1) is 17.8. The van der Waals surface area contributed by atoms with Crippen molar-refractivity contribution in [2.24, 2.45) is 5.10 Å². The third-order valence-corrected chi connectivity index (χ3v) is 4.16. The van der Waals surface area contributed by atoms with Gasteiger partial charge in [0.05, 0.1) is 26.5 Å². The SMILES string of the molecule is COc1ccc(C2=NN(C(=O)COc3cccc(C)c3)CC2)cc1OC. The van der Waals surface area contributed by atoms with Gasteiger partial charge in [-0.3, -0.25) is 4.79 Å². The molecule has 2 aromatic carbocycles. The summed E-state index contributed by atoms with van der Waals surface area (Å²) in [5, 5.41) is 5.90.